The molecule has 0 saturated heterocycles. The highest BCUT2D eigenvalue weighted by atomic mass is 16.3. The lowest BCUT2D eigenvalue weighted by atomic mass is 10.00. The Morgan fingerprint density at radius 2 is 0.943 bits per heavy atom. The second-order valence-corrected chi connectivity index (χ2v) is 13.8. The van der Waals surface area contributed by atoms with Gasteiger partial charge < -0.3 is 13.9 Å². The molecule has 0 atom stereocenters. The number of hydrogen-bond acceptors (Lipinski definition) is 2. The molecule has 2 aromatic heterocycles. The number of fused-ring (bicyclic) bond motifs is 9. The van der Waals surface area contributed by atoms with Gasteiger partial charge in [0.05, 0.1) is 11.0 Å². The van der Waals surface area contributed by atoms with Crippen molar-refractivity contribution in [2.24, 2.45) is 0 Å². The summed E-state index contributed by atoms with van der Waals surface area (Å²) in [5, 5.41) is 9.68. The normalized spacial score (nSPS) is 11.8. The Bertz CT molecular complexity index is 3170. The Labute approximate surface area is 306 Å². The molecule has 0 spiro atoms. The summed E-state index contributed by atoms with van der Waals surface area (Å²) >= 11 is 0. The fourth-order valence-electron chi connectivity index (χ4n) is 8.24. The molecule has 11 rings (SSSR count). The molecule has 3 nitrogen and oxygen atoms in total. The van der Waals surface area contributed by atoms with Crippen molar-refractivity contribution in [3.05, 3.63) is 194 Å². The van der Waals surface area contributed by atoms with Crippen molar-refractivity contribution >= 4 is 82.4 Å². The van der Waals surface area contributed by atoms with Gasteiger partial charge in [-0.3, -0.25) is 0 Å². The Kier molecular flexibility index (Phi) is 6.55. The van der Waals surface area contributed by atoms with Crippen LogP contribution in [0, 0.1) is 0 Å². The van der Waals surface area contributed by atoms with E-state index in [0.717, 1.165) is 39.0 Å². The molecule has 0 amide bonds. The average Bonchev–Trinajstić information content (AvgIpc) is 3.76. The number of hydrogen-bond donors (Lipinski definition) is 0. The molecule has 248 valence electrons. The third-order valence-corrected chi connectivity index (χ3v) is 10.8. The summed E-state index contributed by atoms with van der Waals surface area (Å²) in [5.74, 6) is 0. The van der Waals surface area contributed by atoms with E-state index in [1.54, 1.807) is 0 Å². The summed E-state index contributed by atoms with van der Waals surface area (Å²) in [6.45, 7) is 0. The van der Waals surface area contributed by atoms with Crippen LogP contribution < -0.4 is 4.90 Å². The van der Waals surface area contributed by atoms with E-state index in [0.29, 0.717) is 0 Å². The first-order chi connectivity index (χ1) is 26.3. The lowest BCUT2D eigenvalue weighted by molar-refractivity contribution is 0.669. The third kappa shape index (κ3) is 4.75. The Hall–Kier alpha value is -7.10. The minimum absolute atomic E-state index is 0.875. The van der Waals surface area contributed by atoms with Gasteiger partial charge in [-0.25, -0.2) is 0 Å². The first kappa shape index (κ1) is 29.6. The minimum Gasteiger partial charge on any atom is -0.456 e. The quantitative estimate of drug-likeness (QED) is 0.169. The van der Waals surface area contributed by atoms with Gasteiger partial charge >= 0.3 is 0 Å². The van der Waals surface area contributed by atoms with Crippen LogP contribution in [-0.2, 0) is 0 Å². The highest BCUT2D eigenvalue weighted by molar-refractivity contribution is 6.11. The molecular formula is C50H32N2O. The van der Waals surface area contributed by atoms with E-state index < -0.39 is 0 Å². The predicted octanol–water partition coefficient (Wildman–Crippen LogP) is 14.1. The summed E-state index contributed by atoms with van der Waals surface area (Å²) in [6, 6.07) is 69.8. The van der Waals surface area contributed by atoms with E-state index in [1.165, 1.54) is 60.2 Å². The fourth-order valence-corrected chi connectivity index (χ4v) is 8.24. The van der Waals surface area contributed by atoms with Crippen LogP contribution in [0.1, 0.15) is 0 Å². The molecule has 0 aliphatic heterocycles. The van der Waals surface area contributed by atoms with Gasteiger partial charge in [0.1, 0.15) is 11.2 Å². The molecule has 0 saturated carbocycles. The number of aromatic nitrogens is 1. The topological polar surface area (TPSA) is 21.3 Å². The molecule has 11 aromatic rings. The largest absolute Gasteiger partial charge is 0.456 e. The fraction of sp³-hybridized carbons (Fsp3) is 0. The Balaban J connectivity index is 1.06. The van der Waals surface area contributed by atoms with Crippen molar-refractivity contribution in [3.8, 4) is 16.8 Å². The Morgan fingerprint density at radius 1 is 0.340 bits per heavy atom. The van der Waals surface area contributed by atoms with Gasteiger partial charge in [0.25, 0.3) is 0 Å². The maximum absolute atomic E-state index is 6.39. The van der Waals surface area contributed by atoms with Gasteiger partial charge in [0.15, 0.2) is 0 Å². The number of furan rings is 1. The molecule has 9 aromatic carbocycles. The summed E-state index contributed by atoms with van der Waals surface area (Å²) < 4.78 is 8.75. The summed E-state index contributed by atoms with van der Waals surface area (Å²) in [6.07, 6.45) is 0. The molecule has 0 N–H and O–H groups in total. The van der Waals surface area contributed by atoms with Crippen LogP contribution in [-0.4, -0.2) is 4.57 Å². The van der Waals surface area contributed by atoms with Gasteiger partial charge in [-0.1, -0.05) is 115 Å². The molecule has 0 radical (unpaired) electrons. The molecular weight excluding hydrogens is 645 g/mol. The summed E-state index contributed by atoms with van der Waals surface area (Å²) in [7, 11) is 0. The van der Waals surface area contributed by atoms with E-state index in [1.807, 2.05) is 12.1 Å². The predicted molar refractivity (Wildman–Crippen MR) is 223 cm³/mol. The zero-order valence-electron chi connectivity index (χ0n) is 28.8. The van der Waals surface area contributed by atoms with E-state index in [4.69, 9.17) is 4.42 Å². The highest BCUT2D eigenvalue weighted by Gasteiger charge is 2.18. The van der Waals surface area contributed by atoms with Crippen molar-refractivity contribution in [2.75, 3.05) is 4.90 Å². The van der Waals surface area contributed by atoms with E-state index in [-0.39, 0.29) is 0 Å². The maximum Gasteiger partial charge on any atom is 0.137 e. The number of para-hydroxylation sites is 3. The molecule has 0 fully saturated rings. The molecule has 0 bridgehead atoms. The van der Waals surface area contributed by atoms with Crippen molar-refractivity contribution in [3.63, 3.8) is 0 Å². The first-order valence-electron chi connectivity index (χ1n) is 18.1. The van der Waals surface area contributed by atoms with Crippen LogP contribution in [0.2, 0.25) is 0 Å². The molecule has 2 heterocycles. The van der Waals surface area contributed by atoms with Crippen LogP contribution in [0.4, 0.5) is 17.1 Å². The zero-order chi connectivity index (χ0) is 34.9. The summed E-state index contributed by atoms with van der Waals surface area (Å²) in [4.78, 5) is 2.34. The summed E-state index contributed by atoms with van der Waals surface area (Å²) in [5.41, 5.74) is 10.9. The lowest BCUT2D eigenvalue weighted by Gasteiger charge is -2.26. The van der Waals surface area contributed by atoms with Crippen molar-refractivity contribution < 1.29 is 4.42 Å². The van der Waals surface area contributed by atoms with Crippen LogP contribution in [0.25, 0.3) is 82.1 Å². The van der Waals surface area contributed by atoms with E-state index in [2.05, 4.69) is 191 Å². The third-order valence-electron chi connectivity index (χ3n) is 10.8. The van der Waals surface area contributed by atoms with Gasteiger partial charge in [0.2, 0.25) is 0 Å². The zero-order valence-corrected chi connectivity index (χ0v) is 28.8. The van der Waals surface area contributed by atoms with Gasteiger partial charge in [-0.05, 0) is 105 Å². The number of rotatable bonds is 5. The highest BCUT2D eigenvalue weighted by Crippen LogP contribution is 2.41. The average molecular weight is 677 g/mol. The van der Waals surface area contributed by atoms with Crippen LogP contribution in [0.3, 0.4) is 0 Å². The second-order valence-electron chi connectivity index (χ2n) is 13.8. The van der Waals surface area contributed by atoms with Gasteiger partial charge in [0, 0.05) is 50.4 Å². The minimum atomic E-state index is 0.875. The van der Waals surface area contributed by atoms with E-state index in [9.17, 15) is 0 Å². The Morgan fingerprint density at radius 3 is 1.81 bits per heavy atom. The van der Waals surface area contributed by atoms with Gasteiger partial charge in [-0.15, -0.1) is 0 Å². The smallest absolute Gasteiger partial charge is 0.137 e. The molecule has 53 heavy (non-hydrogen) atoms. The first-order valence-corrected chi connectivity index (χ1v) is 18.1. The van der Waals surface area contributed by atoms with Crippen LogP contribution in [0.15, 0.2) is 199 Å². The number of nitrogens with zero attached hydrogens (tertiary/aromatic N) is 2. The molecule has 0 aliphatic rings. The van der Waals surface area contributed by atoms with Crippen LogP contribution in [0.5, 0.6) is 0 Å². The lowest BCUT2D eigenvalue weighted by Crippen LogP contribution is -2.09. The molecule has 3 heteroatoms. The van der Waals surface area contributed by atoms with Crippen LogP contribution >= 0.6 is 0 Å². The SMILES string of the molecule is c1ccc(-n2c3ccccc3c3cc(-c4ccc(N(c5ccc6c(c5)oc5ccccc56)c5ccc6ccc7ccccc7c6c5)cc4)ccc32)cc1. The monoisotopic (exact) mass is 676 g/mol. The number of benzene rings is 9. The van der Waals surface area contributed by atoms with Crippen molar-refractivity contribution in [2.45, 2.75) is 0 Å². The standard InChI is InChI=1S/C50H32N2O/c1-2-11-37(12-3-1)52-47-16-8-6-14-42(47)46-30-36(23-29-48(46)52)33-20-24-38(25-21-33)51(40-27-28-44-43-15-7-9-17-49(43)53-50(44)32-40)39-26-22-35-19-18-34-10-4-5-13-41(34)45(35)31-39/h1-32H. The van der Waals surface area contributed by atoms with E-state index >= 15 is 0 Å². The van der Waals surface area contributed by atoms with Crippen molar-refractivity contribution in [1.29, 1.82) is 0 Å². The number of anilines is 3. The van der Waals surface area contributed by atoms with Gasteiger partial charge in [-0.2, -0.15) is 0 Å². The molecule has 0 unspecified atom stereocenters. The van der Waals surface area contributed by atoms with Crippen molar-refractivity contribution in [1.82, 2.24) is 4.57 Å². The maximum atomic E-state index is 6.39. The molecule has 0 aliphatic carbocycles. The second kappa shape index (κ2) is 11.7.